The highest BCUT2D eigenvalue weighted by molar-refractivity contribution is 7.17. The van der Waals surface area contributed by atoms with Crippen molar-refractivity contribution in [1.82, 2.24) is 0 Å². The van der Waals surface area contributed by atoms with Crippen molar-refractivity contribution >= 4 is 21.4 Å². The Morgan fingerprint density at radius 3 is 3.25 bits per heavy atom. The van der Waals surface area contributed by atoms with Crippen LogP contribution in [0.2, 0.25) is 0 Å². The van der Waals surface area contributed by atoms with Crippen molar-refractivity contribution in [2.45, 2.75) is 6.42 Å². The molecule has 0 saturated heterocycles. The molecule has 0 aliphatic carbocycles. The first-order valence-electron chi connectivity index (χ1n) is 4.07. The monoisotopic (exact) mass is 176 g/mol. The van der Waals surface area contributed by atoms with Crippen LogP contribution in [0, 0.1) is 0 Å². The zero-order chi connectivity index (χ0) is 7.97. The van der Waals surface area contributed by atoms with E-state index >= 15 is 0 Å². The molecule has 0 fully saturated rings. The van der Waals surface area contributed by atoms with Gasteiger partial charge in [0.05, 0.1) is 6.61 Å². The van der Waals surface area contributed by atoms with Crippen LogP contribution in [-0.4, -0.2) is 6.61 Å². The standard InChI is InChI=1S/C10H8OS/c1-2-10-8(4-6-12-10)7-3-5-11-9(1)7/h1-2,4,6H,3,5H2. The molecule has 0 radical (unpaired) electrons. The molecule has 0 bridgehead atoms. The Morgan fingerprint density at radius 2 is 2.25 bits per heavy atom. The molecule has 0 atom stereocenters. The summed E-state index contributed by atoms with van der Waals surface area (Å²) in [7, 11) is 0. The van der Waals surface area contributed by atoms with Gasteiger partial charge in [-0.25, -0.2) is 0 Å². The van der Waals surface area contributed by atoms with Crippen LogP contribution in [0.15, 0.2) is 23.6 Å². The quantitative estimate of drug-likeness (QED) is 0.599. The Kier molecular flexibility index (Phi) is 1.21. The van der Waals surface area contributed by atoms with Gasteiger partial charge in [-0.05, 0) is 29.0 Å². The van der Waals surface area contributed by atoms with Gasteiger partial charge < -0.3 is 4.74 Å². The summed E-state index contributed by atoms with van der Waals surface area (Å²) < 4.78 is 6.85. The van der Waals surface area contributed by atoms with Crippen molar-refractivity contribution in [2.75, 3.05) is 6.61 Å². The van der Waals surface area contributed by atoms with Gasteiger partial charge in [0.2, 0.25) is 0 Å². The maximum Gasteiger partial charge on any atom is 0.123 e. The summed E-state index contributed by atoms with van der Waals surface area (Å²) in [6.45, 7) is 0.851. The zero-order valence-corrected chi connectivity index (χ0v) is 7.36. The van der Waals surface area contributed by atoms with E-state index in [1.54, 1.807) is 11.3 Å². The summed E-state index contributed by atoms with van der Waals surface area (Å²) in [5.74, 6) is 1.08. The van der Waals surface area contributed by atoms with Gasteiger partial charge in [-0.3, -0.25) is 0 Å². The van der Waals surface area contributed by atoms with E-state index < -0.39 is 0 Å². The average Bonchev–Trinajstić information content (AvgIpc) is 2.71. The van der Waals surface area contributed by atoms with Gasteiger partial charge in [0, 0.05) is 16.7 Å². The van der Waals surface area contributed by atoms with E-state index in [4.69, 9.17) is 4.74 Å². The van der Waals surface area contributed by atoms with Crippen LogP contribution in [-0.2, 0) is 6.42 Å². The predicted molar refractivity (Wildman–Crippen MR) is 51.0 cm³/mol. The van der Waals surface area contributed by atoms with Crippen LogP contribution in [0.1, 0.15) is 5.56 Å². The number of hydrogen-bond donors (Lipinski definition) is 0. The third-order valence-electron chi connectivity index (χ3n) is 2.31. The van der Waals surface area contributed by atoms with Crippen molar-refractivity contribution < 1.29 is 4.74 Å². The maximum atomic E-state index is 5.48. The number of ether oxygens (including phenoxy) is 1. The van der Waals surface area contributed by atoms with Gasteiger partial charge in [-0.1, -0.05) is 0 Å². The van der Waals surface area contributed by atoms with Crippen molar-refractivity contribution in [3.05, 3.63) is 29.1 Å². The van der Waals surface area contributed by atoms with E-state index in [2.05, 4.69) is 23.6 Å². The molecule has 3 rings (SSSR count). The topological polar surface area (TPSA) is 9.23 Å². The molecule has 0 saturated carbocycles. The van der Waals surface area contributed by atoms with Crippen LogP contribution in [0.25, 0.3) is 10.1 Å². The molecule has 2 aromatic rings. The lowest BCUT2D eigenvalue weighted by atomic mass is 10.1. The average molecular weight is 176 g/mol. The number of benzene rings is 1. The number of fused-ring (bicyclic) bond motifs is 3. The lowest BCUT2D eigenvalue weighted by Gasteiger charge is -1.98. The lowest BCUT2D eigenvalue weighted by Crippen LogP contribution is -1.85. The second-order valence-corrected chi connectivity index (χ2v) is 3.92. The maximum absolute atomic E-state index is 5.48. The Bertz CT molecular complexity index is 430. The Hall–Kier alpha value is -1.02. The smallest absolute Gasteiger partial charge is 0.123 e. The van der Waals surface area contributed by atoms with E-state index in [1.165, 1.54) is 15.6 Å². The first-order valence-corrected chi connectivity index (χ1v) is 4.95. The van der Waals surface area contributed by atoms with Crippen molar-refractivity contribution in [3.63, 3.8) is 0 Å². The van der Waals surface area contributed by atoms with E-state index in [-0.39, 0.29) is 0 Å². The lowest BCUT2D eigenvalue weighted by molar-refractivity contribution is 0.357. The molecule has 0 amide bonds. The Balaban J connectivity index is 2.46. The first kappa shape index (κ1) is 6.49. The van der Waals surface area contributed by atoms with Crippen LogP contribution < -0.4 is 4.74 Å². The molecule has 1 aliphatic rings. The summed E-state index contributed by atoms with van der Waals surface area (Å²) in [5.41, 5.74) is 1.40. The number of hydrogen-bond acceptors (Lipinski definition) is 2. The van der Waals surface area contributed by atoms with E-state index in [9.17, 15) is 0 Å². The molecule has 60 valence electrons. The molecule has 1 aromatic carbocycles. The van der Waals surface area contributed by atoms with Crippen molar-refractivity contribution in [1.29, 1.82) is 0 Å². The van der Waals surface area contributed by atoms with Crippen LogP contribution in [0.3, 0.4) is 0 Å². The van der Waals surface area contributed by atoms with E-state index in [1.807, 2.05) is 0 Å². The van der Waals surface area contributed by atoms with Gasteiger partial charge in [0.15, 0.2) is 0 Å². The SMILES string of the molecule is c1cc2c3c(ccc2s1)OCC3. The summed E-state index contributed by atoms with van der Waals surface area (Å²) in [6.07, 6.45) is 1.07. The highest BCUT2D eigenvalue weighted by Crippen LogP contribution is 2.34. The van der Waals surface area contributed by atoms with Crippen LogP contribution in [0.4, 0.5) is 0 Å². The van der Waals surface area contributed by atoms with Gasteiger partial charge in [0.25, 0.3) is 0 Å². The molecule has 0 N–H and O–H groups in total. The molecule has 1 aliphatic heterocycles. The minimum Gasteiger partial charge on any atom is -0.493 e. The fourth-order valence-electron chi connectivity index (χ4n) is 1.74. The third kappa shape index (κ3) is 0.730. The third-order valence-corrected chi connectivity index (χ3v) is 3.20. The molecule has 1 nitrogen and oxygen atoms in total. The molecule has 0 unspecified atom stereocenters. The molecule has 12 heavy (non-hydrogen) atoms. The zero-order valence-electron chi connectivity index (χ0n) is 6.54. The Labute approximate surface area is 74.6 Å². The summed E-state index contributed by atoms with van der Waals surface area (Å²) in [6, 6.07) is 6.42. The number of rotatable bonds is 0. The summed E-state index contributed by atoms with van der Waals surface area (Å²) in [4.78, 5) is 0. The molecular formula is C10H8OS. The molecule has 0 spiro atoms. The van der Waals surface area contributed by atoms with Crippen molar-refractivity contribution in [3.8, 4) is 5.75 Å². The Morgan fingerprint density at radius 1 is 1.25 bits per heavy atom. The first-order chi connectivity index (χ1) is 5.95. The minimum absolute atomic E-state index is 0.851. The second kappa shape index (κ2) is 2.23. The molecule has 1 aromatic heterocycles. The second-order valence-electron chi connectivity index (χ2n) is 2.97. The van der Waals surface area contributed by atoms with Crippen molar-refractivity contribution in [2.24, 2.45) is 0 Å². The summed E-state index contributed by atoms with van der Waals surface area (Å²) >= 11 is 1.80. The predicted octanol–water partition coefficient (Wildman–Crippen LogP) is 2.84. The van der Waals surface area contributed by atoms with Gasteiger partial charge in [-0.15, -0.1) is 11.3 Å². The highest BCUT2D eigenvalue weighted by Gasteiger charge is 2.14. The van der Waals surface area contributed by atoms with E-state index in [0.29, 0.717) is 0 Å². The fourth-order valence-corrected chi connectivity index (χ4v) is 2.56. The van der Waals surface area contributed by atoms with Crippen LogP contribution >= 0.6 is 11.3 Å². The normalized spacial score (nSPS) is 14.7. The number of thiophene rings is 1. The van der Waals surface area contributed by atoms with Gasteiger partial charge in [-0.2, -0.15) is 0 Å². The summed E-state index contributed by atoms with van der Waals surface area (Å²) in [5, 5.41) is 3.53. The fraction of sp³-hybridized carbons (Fsp3) is 0.200. The van der Waals surface area contributed by atoms with Gasteiger partial charge >= 0.3 is 0 Å². The molecule has 2 heterocycles. The minimum atomic E-state index is 0.851. The van der Waals surface area contributed by atoms with Gasteiger partial charge in [0.1, 0.15) is 5.75 Å². The molecular weight excluding hydrogens is 168 g/mol. The van der Waals surface area contributed by atoms with E-state index in [0.717, 1.165) is 18.8 Å². The molecule has 2 heteroatoms. The van der Waals surface area contributed by atoms with Crippen LogP contribution in [0.5, 0.6) is 5.75 Å². The highest BCUT2D eigenvalue weighted by atomic mass is 32.1. The largest absolute Gasteiger partial charge is 0.493 e.